The van der Waals surface area contributed by atoms with Crippen LogP contribution in [-0.2, 0) is 19.6 Å². The molecule has 0 aliphatic heterocycles. The van der Waals surface area contributed by atoms with Gasteiger partial charge in [0, 0.05) is 6.42 Å². The molecule has 4 N–H and O–H groups in total. The van der Waals surface area contributed by atoms with E-state index in [1.54, 1.807) is 0 Å². The lowest BCUT2D eigenvalue weighted by atomic mass is 10.2. The van der Waals surface area contributed by atoms with Crippen LogP contribution in [-0.4, -0.2) is 37.7 Å². The molecule has 7 nitrogen and oxygen atoms in total. The second-order valence-corrected chi connectivity index (χ2v) is 4.57. The summed E-state index contributed by atoms with van der Waals surface area (Å²) >= 11 is 0. The van der Waals surface area contributed by atoms with Crippen LogP contribution in [0.4, 0.5) is 0 Å². The van der Waals surface area contributed by atoms with Crippen molar-refractivity contribution in [2.75, 3.05) is 6.26 Å². The molecule has 0 aromatic heterocycles. The van der Waals surface area contributed by atoms with Crippen LogP contribution < -0.4 is 10.5 Å². The third-order valence-corrected chi connectivity index (χ3v) is 2.05. The molecule has 1 atom stereocenters. The zero-order valence-electron chi connectivity index (χ0n) is 7.56. The Morgan fingerprint density at radius 1 is 1.50 bits per heavy atom. The molecule has 1 amide bonds. The Hall–Kier alpha value is -1.15. The zero-order chi connectivity index (χ0) is 11.4. The Kier molecular flexibility index (Phi) is 4.51. The van der Waals surface area contributed by atoms with E-state index < -0.39 is 27.9 Å². The number of carbonyl (C=O) groups is 2. The van der Waals surface area contributed by atoms with Gasteiger partial charge >= 0.3 is 5.97 Å². The molecule has 0 bridgehead atoms. The fraction of sp³-hybridized carbons (Fsp3) is 0.667. The molecular weight excluding hydrogens is 212 g/mol. The molecule has 0 rings (SSSR count). The Morgan fingerprint density at radius 3 is 2.29 bits per heavy atom. The van der Waals surface area contributed by atoms with Gasteiger partial charge in [-0.1, -0.05) is 0 Å². The van der Waals surface area contributed by atoms with Crippen LogP contribution >= 0.6 is 0 Å². The van der Waals surface area contributed by atoms with E-state index in [4.69, 9.17) is 10.8 Å². The van der Waals surface area contributed by atoms with Crippen LogP contribution in [0, 0.1) is 0 Å². The van der Waals surface area contributed by atoms with Crippen molar-refractivity contribution in [3.05, 3.63) is 0 Å². The van der Waals surface area contributed by atoms with Crippen LogP contribution in [0.25, 0.3) is 0 Å². The quantitative estimate of drug-likeness (QED) is 0.493. The molecule has 0 heterocycles. The number of amides is 1. The van der Waals surface area contributed by atoms with Crippen LogP contribution in [0.3, 0.4) is 0 Å². The van der Waals surface area contributed by atoms with Gasteiger partial charge in [-0.25, -0.2) is 13.1 Å². The van der Waals surface area contributed by atoms with Crippen molar-refractivity contribution < 1.29 is 23.1 Å². The minimum atomic E-state index is -3.60. The topological polar surface area (TPSA) is 127 Å². The van der Waals surface area contributed by atoms with Crippen molar-refractivity contribution in [3.63, 3.8) is 0 Å². The molecule has 0 saturated carbocycles. The van der Waals surface area contributed by atoms with Gasteiger partial charge in [0.2, 0.25) is 15.9 Å². The summed E-state index contributed by atoms with van der Waals surface area (Å²) in [5.74, 6) is -2.01. The van der Waals surface area contributed by atoms with E-state index in [0.29, 0.717) is 0 Å². The molecule has 0 spiro atoms. The molecule has 8 heteroatoms. The maximum atomic E-state index is 10.7. The highest BCUT2D eigenvalue weighted by atomic mass is 32.2. The highest BCUT2D eigenvalue weighted by molar-refractivity contribution is 7.88. The lowest BCUT2D eigenvalue weighted by Crippen LogP contribution is -2.40. The van der Waals surface area contributed by atoms with E-state index in [1.807, 2.05) is 4.72 Å². The highest BCUT2D eigenvalue weighted by Crippen LogP contribution is 1.98. The third-order valence-electron chi connectivity index (χ3n) is 1.33. The first-order valence-electron chi connectivity index (χ1n) is 3.71. The van der Waals surface area contributed by atoms with Gasteiger partial charge < -0.3 is 10.8 Å². The van der Waals surface area contributed by atoms with E-state index in [1.165, 1.54) is 0 Å². The summed E-state index contributed by atoms with van der Waals surface area (Å²) in [6.45, 7) is 0. The van der Waals surface area contributed by atoms with E-state index >= 15 is 0 Å². The summed E-state index contributed by atoms with van der Waals surface area (Å²) in [5, 5.41) is 8.57. The number of sulfonamides is 1. The van der Waals surface area contributed by atoms with E-state index in [-0.39, 0.29) is 12.8 Å². The third kappa shape index (κ3) is 6.38. The number of primary amides is 1. The summed E-state index contributed by atoms with van der Waals surface area (Å²) in [5.41, 5.74) is 4.80. The normalized spacial score (nSPS) is 13.5. The number of nitrogens with one attached hydrogen (secondary N) is 1. The summed E-state index contributed by atoms with van der Waals surface area (Å²) < 4.78 is 23.3. The van der Waals surface area contributed by atoms with E-state index in [9.17, 15) is 18.0 Å². The summed E-state index contributed by atoms with van der Waals surface area (Å²) in [6.07, 6.45) is 0.504. The minimum absolute atomic E-state index is 0.155. The maximum absolute atomic E-state index is 10.7. The van der Waals surface area contributed by atoms with Gasteiger partial charge in [0.1, 0.15) is 6.04 Å². The monoisotopic (exact) mass is 224 g/mol. The van der Waals surface area contributed by atoms with E-state index in [0.717, 1.165) is 6.26 Å². The Labute approximate surface area is 81.3 Å². The van der Waals surface area contributed by atoms with Gasteiger partial charge in [0.15, 0.2) is 0 Å². The molecule has 82 valence electrons. The van der Waals surface area contributed by atoms with Crippen molar-refractivity contribution in [1.29, 1.82) is 0 Å². The molecule has 0 aliphatic rings. The number of nitrogens with two attached hydrogens (primary N) is 1. The van der Waals surface area contributed by atoms with Crippen LogP contribution in [0.5, 0.6) is 0 Å². The highest BCUT2D eigenvalue weighted by Gasteiger charge is 2.21. The average Bonchev–Trinajstić information content (AvgIpc) is 1.94. The molecule has 0 fully saturated rings. The Balaban J connectivity index is 4.32. The van der Waals surface area contributed by atoms with Gasteiger partial charge in [-0.3, -0.25) is 9.59 Å². The van der Waals surface area contributed by atoms with Crippen LogP contribution in [0.2, 0.25) is 0 Å². The molecule has 0 aromatic carbocycles. The lowest BCUT2D eigenvalue weighted by molar-refractivity contribution is -0.139. The summed E-state index contributed by atoms with van der Waals surface area (Å²) in [6, 6.07) is -1.31. The molecule has 0 unspecified atom stereocenters. The standard InChI is InChI=1S/C6H12N2O5S/c1-14(12,13)8-4(6(10)11)2-3-5(7)9/h4,8H,2-3H2,1H3,(H2,7,9)(H,10,11)/t4-/m0/s1. The number of carboxylic acid groups (broad SMARTS) is 1. The van der Waals surface area contributed by atoms with Crippen LogP contribution in [0.1, 0.15) is 12.8 Å². The van der Waals surface area contributed by atoms with Crippen molar-refractivity contribution in [2.45, 2.75) is 18.9 Å². The van der Waals surface area contributed by atoms with Gasteiger partial charge in [0.25, 0.3) is 0 Å². The fourth-order valence-electron chi connectivity index (χ4n) is 0.778. The SMILES string of the molecule is CS(=O)(=O)N[C@@H](CCC(N)=O)C(=O)O. The number of hydrogen-bond donors (Lipinski definition) is 3. The lowest BCUT2D eigenvalue weighted by Gasteiger charge is -2.11. The van der Waals surface area contributed by atoms with Gasteiger partial charge in [-0.2, -0.15) is 0 Å². The first-order chi connectivity index (χ1) is 6.22. The number of aliphatic carboxylic acids is 1. The largest absolute Gasteiger partial charge is 0.480 e. The molecule has 0 saturated heterocycles. The molecular formula is C6H12N2O5S. The van der Waals surface area contributed by atoms with Gasteiger partial charge in [-0.15, -0.1) is 0 Å². The summed E-state index contributed by atoms with van der Waals surface area (Å²) in [7, 11) is -3.60. The number of rotatable bonds is 6. The average molecular weight is 224 g/mol. The van der Waals surface area contributed by atoms with E-state index in [2.05, 4.69) is 0 Å². The molecule has 0 aliphatic carbocycles. The Bertz CT molecular complexity index is 323. The molecule has 0 radical (unpaired) electrons. The van der Waals surface area contributed by atoms with Crippen LogP contribution in [0.15, 0.2) is 0 Å². The Morgan fingerprint density at radius 2 is 2.00 bits per heavy atom. The van der Waals surface area contributed by atoms with Crippen molar-refractivity contribution >= 4 is 21.9 Å². The maximum Gasteiger partial charge on any atom is 0.321 e. The zero-order valence-corrected chi connectivity index (χ0v) is 8.37. The van der Waals surface area contributed by atoms with Crippen molar-refractivity contribution in [3.8, 4) is 0 Å². The predicted molar refractivity (Wildman–Crippen MR) is 47.8 cm³/mol. The first kappa shape index (κ1) is 12.8. The van der Waals surface area contributed by atoms with Crippen molar-refractivity contribution in [1.82, 2.24) is 4.72 Å². The molecule has 14 heavy (non-hydrogen) atoms. The smallest absolute Gasteiger partial charge is 0.321 e. The van der Waals surface area contributed by atoms with Gasteiger partial charge in [0.05, 0.1) is 6.26 Å². The number of carboxylic acids is 1. The van der Waals surface area contributed by atoms with Gasteiger partial charge in [-0.05, 0) is 6.42 Å². The summed E-state index contributed by atoms with van der Waals surface area (Å²) in [4.78, 5) is 20.9. The second kappa shape index (κ2) is 4.91. The second-order valence-electron chi connectivity index (χ2n) is 2.79. The molecule has 0 aromatic rings. The first-order valence-corrected chi connectivity index (χ1v) is 5.60. The number of hydrogen-bond acceptors (Lipinski definition) is 4. The predicted octanol–water partition coefficient (Wildman–Crippen LogP) is -1.75. The number of carbonyl (C=O) groups excluding carboxylic acids is 1. The van der Waals surface area contributed by atoms with Crippen molar-refractivity contribution in [2.24, 2.45) is 5.73 Å². The fourth-order valence-corrected chi connectivity index (χ4v) is 1.51. The minimum Gasteiger partial charge on any atom is -0.480 e.